The standard InChI is InChI=1S/C14H27N3S/c1-4-7-17-8-5-12(6-9-17)16-13-15-10-14(2,3)11-18-13/h12H,4-11H2,1-3H3,(H,15,16). The Morgan fingerprint density at radius 2 is 2.11 bits per heavy atom. The molecule has 0 aliphatic carbocycles. The first-order valence-electron chi connectivity index (χ1n) is 7.25. The van der Waals surface area contributed by atoms with Crippen LogP contribution in [0.2, 0.25) is 0 Å². The minimum Gasteiger partial charge on any atom is -0.362 e. The third kappa shape index (κ3) is 4.16. The lowest BCUT2D eigenvalue weighted by molar-refractivity contribution is 0.207. The van der Waals surface area contributed by atoms with Gasteiger partial charge in [-0.2, -0.15) is 0 Å². The molecule has 0 aromatic carbocycles. The molecule has 1 N–H and O–H groups in total. The van der Waals surface area contributed by atoms with Crippen LogP contribution in [0, 0.1) is 5.41 Å². The monoisotopic (exact) mass is 269 g/mol. The second kappa shape index (κ2) is 6.29. The Bertz CT molecular complexity index is 293. The van der Waals surface area contributed by atoms with Crippen LogP contribution in [0.25, 0.3) is 0 Å². The highest BCUT2D eigenvalue weighted by atomic mass is 32.2. The molecule has 0 bridgehead atoms. The molecule has 2 heterocycles. The summed E-state index contributed by atoms with van der Waals surface area (Å²) in [5.41, 5.74) is 0.375. The van der Waals surface area contributed by atoms with E-state index in [9.17, 15) is 0 Å². The van der Waals surface area contributed by atoms with Crippen molar-refractivity contribution in [3.8, 4) is 0 Å². The zero-order chi connectivity index (χ0) is 13.0. The van der Waals surface area contributed by atoms with Gasteiger partial charge in [0.05, 0.1) is 0 Å². The van der Waals surface area contributed by atoms with Crippen LogP contribution in [-0.2, 0) is 0 Å². The largest absolute Gasteiger partial charge is 0.362 e. The molecular formula is C14H27N3S. The maximum atomic E-state index is 4.69. The van der Waals surface area contributed by atoms with Crippen LogP contribution < -0.4 is 5.32 Å². The van der Waals surface area contributed by atoms with Gasteiger partial charge in [-0.05, 0) is 31.2 Å². The van der Waals surface area contributed by atoms with E-state index in [0.29, 0.717) is 11.5 Å². The predicted molar refractivity (Wildman–Crippen MR) is 81.4 cm³/mol. The number of amidine groups is 1. The number of likely N-dealkylation sites (tertiary alicyclic amines) is 1. The molecule has 4 heteroatoms. The van der Waals surface area contributed by atoms with Gasteiger partial charge in [0, 0.05) is 31.4 Å². The number of thioether (sulfide) groups is 1. The molecule has 0 aromatic heterocycles. The lowest BCUT2D eigenvalue weighted by Crippen LogP contribution is -2.45. The smallest absolute Gasteiger partial charge is 0.156 e. The van der Waals surface area contributed by atoms with Crippen molar-refractivity contribution in [1.82, 2.24) is 10.2 Å². The van der Waals surface area contributed by atoms with Crippen molar-refractivity contribution in [2.75, 3.05) is 31.9 Å². The lowest BCUT2D eigenvalue weighted by atomic mass is 9.97. The third-order valence-electron chi connectivity index (χ3n) is 3.71. The van der Waals surface area contributed by atoms with E-state index >= 15 is 0 Å². The van der Waals surface area contributed by atoms with Gasteiger partial charge in [-0.3, -0.25) is 4.99 Å². The van der Waals surface area contributed by atoms with Crippen LogP contribution in [0.15, 0.2) is 4.99 Å². The predicted octanol–water partition coefficient (Wildman–Crippen LogP) is 2.58. The molecule has 0 atom stereocenters. The molecule has 2 rings (SSSR count). The molecule has 18 heavy (non-hydrogen) atoms. The van der Waals surface area contributed by atoms with Crippen molar-refractivity contribution in [1.29, 1.82) is 0 Å². The van der Waals surface area contributed by atoms with E-state index in [4.69, 9.17) is 0 Å². The zero-order valence-electron chi connectivity index (χ0n) is 12.0. The van der Waals surface area contributed by atoms with Crippen molar-refractivity contribution < 1.29 is 0 Å². The molecule has 0 unspecified atom stereocenters. The first-order valence-corrected chi connectivity index (χ1v) is 8.24. The number of hydrogen-bond acceptors (Lipinski definition) is 4. The first-order chi connectivity index (χ1) is 8.59. The zero-order valence-corrected chi connectivity index (χ0v) is 12.9. The summed E-state index contributed by atoms with van der Waals surface area (Å²) in [7, 11) is 0. The Kier molecular flexibility index (Phi) is 4.96. The van der Waals surface area contributed by atoms with Gasteiger partial charge in [0.1, 0.15) is 0 Å². The van der Waals surface area contributed by atoms with E-state index in [-0.39, 0.29) is 0 Å². The van der Waals surface area contributed by atoms with Crippen LogP contribution in [0.4, 0.5) is 0 Å². The SMILES string of the molecule is CCCN1CCC(NC2=NCC(C)(C)CS2)CC1. The highest BCUT2D eigenvalue weighted by Gasteiger charge is 2.25. The molecule has 1 saturated heterocycles. The molecular weight excluding hydrogens is 242 g/mol. The van der Waals surface area contributed by atoms with E-state index in [0.717, 1.165) is 6.54 Å². The van der Waals surface area contributed by atoms with E-state index in [1.54, 1.807) is 0 Å². The summed E-state index contributed by atoms with van der Waals surface area (Å²) in [6.07, 6.45) is 3.81. The van der Waals surface area contributed by atoms with Gasteiger partial charge in [0.25, 0.3) is 0 Å². The van der Waals surface area contributed by atoms with Crippen LogP contribution in [-0.4, -0.2) is 48.0 Å². The summed E-state index contributed by atoms with van der Waals surface area (Å²) in [6.45, 7) is 11.6. The number of nitrogens with zero attached hydrogens (tertiary/aromatic N) is 2. The third-order valence-corrected chi connectivity index (χ3v) is 5.15. The maximum Gasteiger partial charge on any atom is 0.156 e. The molecule has 0 saturated carbocycles. The van der Waals surface area contributed by atoms with Gasteiger partial charge >= 0.3 is 0 Å². The highest BCUT2D eigenvalue weighted by molar-refractivity contribution is 8.13. The number of rotatable bonds is 3. The maximum absolute atomic E-state index is 4.69. The van der Waals surface area contributed by atoms with Gasteiger partial charge in [0.2, 0.25) is 0 Å². The second-order valence-corrected chi connectivity index (χ2v) is 7.30. The Labute approximate surface area is 116 Å². The highest BCUT2D eigenvalue weighted by Crippen LogP contribution is 2.27. The van der Waals surface area contributed by atoms with E-state index < -0.39 is 0 Å². The Balaban J connectivity index is 1.74. The van der Waals surface area contributed by atoms with Crippen LogP contribution >= 0.6 is 11.8 Å². The molecule has 0 amide bonds. The molecule has 3 nitrogen and oxygen atoms in total. The van der Waals surface area contributed by atoms with Crippen LogP contribution in [0.1, 0.15) is 40.0 Å². The molecule has 0 spiro atoms. The van der Waals surface area contributed by atoms with Gasteiger partial charge in [0.15, 0.2) is 5.17 Å². The molecule has 2 aliphatic rings. The Hall–Kier alpha value is -0.220. The topological polar surface area (TPSA) is 27.6 Å². The molecule has 0 aromatic rings. The van der Waals surface area contributed by atoms with Crippen molar-refractivity contribution in [2.24, 2.45) is 10.4 Å². The summed E-state index contributed by atoms with van der Waals surface area (Å²) in [5.74, 6) is 1.19. The van der Waals surface area contributed by atoms with Gasteiger partial charge in [-0.1, -0.05) is 32.5 Å². The summed E-state index contributed by atoms with van der Waals surface area (Å²) in [5, 5.41) is 4.83. The van der Waals surface area contributed by atoms with Crippen molar-refractivity contribution in [2.45, 2.75) is 46.1 Å². The van der Waals surface area contributed by atoms with Crippen LogP contribution in [0.5, 0.6) is 0 Å². The first kappa shape index (κ1) is 14.2. The fourth-order valence-corrected chi connectivity index (χ4v) is 3.54. The fourth-order valence-electron chi connectivity index (χ4n) is 2.52. The number of nitrogens with one attached hydrogen (secondary N) is 1. The molecule has 0 radical (unpaired) electrons. The molecule has 2 aliphatic heterocycles. The van der Waals surface area contributed by atoms with E-state index in [2.05, 4.69) is 36.0 Å². The van der Waals surface area contributed by atoms with Gasteiger partial charge < -0.3 is 10.2 Å². The second-order valence-electron chi connectivity index (χ2n) is 6.33. The molecule has 104 valence electrons. The van der Waals surface area contributed by atoms with Crippen molar-refractivity contribution in [3.05, 3.63) is 0 Å². The summed E-state index contributed by atoms with van der Waals surface area (Å²) >= 11 is 1.90. The van der Waals surface area contributed by atoms with Crippen molar-refractivity contribution >= 4 is 16.9 Å². The lowest BCUT2D eigenvalue weighted by Gasteiger charge is -2.34. The average Bonchev–Trinajstić information content (AvgIpc) is 2.35. The quantitative estimate of drug-likeness (QED) is 0.853. The van der Waals surface area contributed by atoms with E-state index in [1.165, 1.54) is 49.8 Å². The van der Waals surface area contributed by atoms with Gasteiger partial charge in [-0.25, -0.2) is 0 Å². The minimum atomic E-state index is 0.375. The minimum absolute atomic E-state index is 0.375. The average molecular weight is 269 g/mol. The van der Waals surface area contributed by atoms with Crippen molar-refractivity contribution in [3.63, 3.8) is 0 Å². The molecule has 1 fully saturated rings. The fraction of sp³-hybridized carbons (Fsp3) is 0.929. The normalized spacial score (nSPS) is 25.8. The van der Waals surface area contributed by atoms with Gasteiger partial charge in [-0.15, -0.1) is 0 Å². The Morgan fingerprint density at radius 1 is 1.39 bits per heavy atom. The van der Waals surface area contributed by atoms with E-state index in [1.807, 2.05) is 11.8 Å². The summed E-state index contributed by atoms with van der Waals surface area (Å²) in [4.78, 5) is 7.27. The Morgan fingerprint density at radius 3 is 2.67 bits per heavy atom. The van der Waals surface area contributed by atoms with Crippen LogP contribution in [0.3, 0.4) is 0 Å². The number of piperidine rings is 1. The number of hydrogen-bond donors (Lipinski definition) is 1. The summed E-state index contributed by atoms with van der Waals surface area (Å²) in [6, 6.07) is 0.644. The summed E-state index contributed by atoms with van der Waals surface area (Å²) < 4.78 is 0. The number of aliphatic imine (C=N–C) groups is 1.